The van der Waals surface area contributed by atoms with Gasteiger partial charge in [0.05, 0.1) is 29.7 Å². The van der Waals surface area contributed by atoms with E-state index in [1.807, 2.05) is 49.4 Å². The molecule has 2 aromatic carbocycles. The molecule has 0 aliphatic carbocycles. The van der Waals surface area contributed by atoms with Crippen LogP contribution in [0.3, 0.4) is 0 Å². The number of esters is 1. The summed E-state index contributed by atoms with van der Waals surface area (Å²) in [5.74, 6) is 0.771. The second kappa shape index (κ2) is 11.8. The Morgan fingerprint density at radius 1 is 1.19 bits per heavy atom. The Morgan fingerprint density at radius 3 is 2.68 bits per heavy atom. The highest BCUT2D eigenvalue weighted by Crippen LogP contribution is 2.40. The summed E-state index contributed by atoms with van der Waals surface area (Å²) >= 11 is 14.6. The smallest absolute Gasteiger partial charge is 0.309 e. The van der Waals surface area contributed by atoms with Gasteiger partial charge in [0.15, 0.2) is 0 Å². The SMILES string of the molecule is CCOC(=O)C1CCN(C/C=C/c2ccc(Sc3cccc(OC)c3)c(Cl)c2Cl)CC1. The zero-order chi connectivity index (χ0) is 22.2. The van der Waals surface area contributed by atoms with Crippen LogP contribution in [0.5, 0.6) is 5.75 Å². The molecule has 0 N–H and O–H groups in total. The van der Waals surface area contributed by atoms with E-state index in [9.17, 15) is 4.79 Å². The lowest BCUT2D eigenvalue weighted by atomic mass is 9.97. The molecular weight excluding hydrogens is 453 g/mol. The summed E-state index contributed by atoms with van der Waals surface area (Å²) in [7, 11) is 1.65. The molecule has 7 heteroatoms. The Bertz CT molecular complexity index is 927. The maximum Gasteiger partial charge on any atom is 0.309 e. The Hall–Kier alpha value is -1.66. The van der Waals surface area contributed by atoms with Gasteiger partial charge in [0.1, 0.15) is 5.75 Å². The molecular formula is C24H27Cl2NO3S. The Labute approximate surface area is 198 Å². The minimum atomic E-state index is -0.0639. The second-order valence-electron chi connectivity index (χ2n) is 7.29. The molecule has 31 heavy (non-hydrogen) atoms. The van der Waals surface area contributed by atoms with Gasteiger partial charge in [0, 0.05) is 16.3 Å². The monoisotopic (exact) mass is 479 g/mol. The van der Waals surface area contributed by atoms with E-state index in [-0.39, 0.29) is 11.9 Å². The zero-order valence-corrected chi connectivity index (χ0v) is 20.1. The van der Waals surface area contributed by atoms with E-state index in [1.54, 1.807) is 18.9 Å². The number of nitrogens with zero attached hydrogens (tertiary/aromatic N) is 1. The van der Waals surface area contributed by atoms with E-state index in [2.05, 4.69) is 11.0 Å². The van der Waals surface area contributed by atoms with E-state index < -0.39 is 0 Å². The molecule has 1 fully saturated rings. The van der Waals surface area contributed by atoms with Crippen LogP contribution in [0.15, 0.2) is 52.3 Å². The number of rotatable bonds is 8. The zero-order valence-electron chi connectivity index (χ0n) is 17.8. The average molecular weight is 480 g/mol. The summed E-state index contributed by atoms with van der Waals surface area (Å²) < 4.78 is 10.4. The predicted octanol–water partition coefficient (Wildman–Crippen LogP) is 6.44. The largest absolute Gasteiger partial charge is 0.497 e. The summed E-state index contributed by atoms with van der Waals surface area (Å²) in [6, 6.07) is 11.8. The molecule has 1 saturated heterocycles. The van der Waals surface area contributed by atoms with Gasteiger partial charge >= 0.3 is 5.97 Å². The number of carbonyl (C=O) groups is 1. The average Bonchev–Trinajstić information content (AvgIpc) is 2.79. The van der Waals surface area contributed by atoms with Crippen LogP contribution >= 0.6 is 35.0 Å². The van der Waals surface area contributed by atoms with Crippen molar-refractivity contribution in [2.45, 2.75) is 29.6 Å². The van der Waals surface area contributed by atoms with Crippen LogP contribution in [0.2, 0.25) is 10.0 Å². The van der Waals surface area contributed by atoms with E-state index in [0.29, 0.717) is 16.7 Å². The van der Waals surface area contributed by atoms with Crippen molar-refractivity contribution in [3.63, 3.8) is 0 Å². The summed E-state index contributed by atoms with van der Waals surface area (Å²) in [6.07, 6.45) is 5.79. The second-order valence-corrected chi connectivity index (χ2v) is 9.16. The van der Waals surface area contributed by atoms with Gasteiger partial charge in [-0.1, -0.05) is 59.2 Å². The van der Waals surface area contributed by atoms with Crippen molar-refractivity contribution in [3.05, 3.63) is 58.1 Å². The van der Waals surface area contributed by atoms with Crippen LogP contribution in [-0.2, 0) is 9.53 Å². The van der Waals surface area contributed by atoms with Gasteiger partial charge in [-0.15, -0.1) is 0 Å². The van der Waals surface area contributed by atoms with Crippen LogP contribution in [0.25, 0.3) is 6.08 Å². The molecule has 0 saturated carbocycles. The van der Waals surface area contributed by atoms with Crippen molar-refractivity contribution in [1.82, 2.24) is 4.90 Å². The summed E-state index contributed by atoms with van der Waals surface area (Å²) in [5, 5.41) is 1.10. The Balaban J connectivity index is 1.57. The fraction of sp³-hybridized carbons (Fsp3) is 0.375. The van der Waals surface area contributed by atoms with Crippen molar-refractivity contribution in [3.8, 4) is 5.75 Å². The number of halogens is 2. The van der Waals surface area contributed by atoms with Crippen molar-refractivity contribution < 1.29 is 14.3 Å². The Kier molecular flexibility index (Phi) is 9.15. The minimum Gasteiger partial charge on any atom is -0.497 e. The first-order valence-electron chi connectivity index (χ1n) is 10.4. The number of carbonyl (C=O) groups excluding carboxylic acids is 1. The van der Waals surface area contributed by atoms with E-state index >= 15 is 0 Å². The van der Waals surface area contributed by atoms with Crippen molar-refractivity contribution >= 4 is 47.0 Å². The molecule has 0 atom stereocenters. The summed E-state index contributed by atoms with van der Waals surface area (Å²) in [4.78, 5) is 16.1. The van der Waals surface area contributed by atoms with Crippen molar-refractivity contribution in [2.75, 3.05) is 33.4 Å². The maximum atomic E-state index is 11.9. The fourth-order valence-corrected chi connectivity index (χ4v) is 4.96. The van der Waals surface area contributed by atoms with Gasteiger partial charge in [-0.2, -0.15) is 0 Å². The molecule has 1 aliphatic rings. The summed E-state index contributed by atoms with van der Waals surface area (Å²) in [6.45, 7) is 4.88. The van der Waals surface area contributed by atoms with Crippen LogP contribution in [0.1, 0.15) is 25.3 Å². The molecule has 0 radical (unpaired) electrons. The quantitative estimate of drug-likeness (QED) is 0.407. The number of hydrogen-bond donors (Lipinski definition) is 0. The highest BCUT2D eigenvalue weighted by Gasteiger charge is 2.25. The van der Waals surface area contributed by atoms with Crippen LogP contribution < -0.4 is 4.74 Å². The number of likely N-dealkylation sites (tertiary alicyclic amines) is 1. The van der Waals surface area contributed by atoms with Gasteiger partial charge < -0.3 is 9.47 Å². The van der Waals surface area contributed by atoms with Gasteiger partial charge in [0.2, 0.25) is 0 Å². The van der Waals surface area contributed by atoms with Crippen molar-refractivity contribution in [2.24, 2.45) is 5.92 Å². The molecule has 0 aromatic heterocycles. The lowest BCUT2D eigenvalue weighted by Crippen LogP contribution is -2.36. The molecule has 4 nitrogen and oxygen atoms in total. The normalized spacial score (nSPS) is 15.4. The van der Waals surface area contributed by atoms with Gasteiger partial charge in [-0.3, -0.25) is 9.69 Å². The molecule has 1 heterocycles. The lowest BCUT2D eigenvalue weighted by molar-refractivity contribution is -0.149. The third kappa shape index (κ3) is 6.66. The third-order valence-corrected chi connectivity index (χ3v) is 7.27. The number of methoxy groups -OCH3 is 1. The van der Waals surface area contributed by atoms with Crippen LogP contribution in [-0.4, -0.2) is 44.2 Å². The van der Waals surface area contributed by atoms with E-state index in [0.717, 1.165) is 53.6 Å². The van der Waals surface area contributed by atoms with Gasteiger partial charge in [0.25, 0.3) is 0 Å². The van der Waals surface area contributed by atoms with Crippen LogP contribution in [0.4, 0.5) is 0 Å². The number of ether oxygens (including phenoxy) is 2. The number of piperidine rings is 1. The first-order chi connectivity index (χ1) is 15.0. The maximum absolute atomic E-state index is 11.9. The topological polar surface area (TPSA) is 38.8 Å². The highest BCUT2D eigenvalue weighted by atomic mass is 35.5. The molecule has 1 aliphatic heterocycles. The van der Waals surface area contributed by atoms with Crippen molar-refractivity contribution in [1.29, 1.82) is 0 Å². The highest BCUT2D eigenvalue weighted by molar-refractivity contribution is 7.99. The van der Waals surface area contributed by atoms with E-state index in [1.165, 1.54) is 0 Å². The summed E-state index contributed by atoms with van der Waals surface area (Å²) in [5.41, 5.74) is 0.892. The molecule has 166 valence electrons. The molecule has 2 aromatic rings. The lowest BCUT2D eigenvalue weighted by Gasteiger charge is -2.29. The fourth-order valence-electron chi connectivity index (χ4n) is 3.49. The molecule has 3 rings (SSSR count). The molecule has 0 amide bonds. The third-order valence-electron chi connectivity index (χ3n) is 5.21. The molecule has 0 bridgehead atoms. The van der Waals surface area contributed by atoms with Crippen LogP contribution in [0, 0.1) is 5.92 Å². The molecule has 0 unspecified atom stereocenters. The predicted molar refractivity (Wildman–Crippen MR) is 128 cm³/mol. The first kappa shape index (κ1) is 24.0. The minimum absolute atomic E-state index is 0.0306. The molecule has 0 spiro atoms. The Morgan fingerprint density at radius 2 is 1.97 bits per heavy atom. The first-order valence-corrected chi connectivity index (χ1v) is 11.9. The van der Waals surface area contributed by atoms with E-state index in [4.69, 9.17) is 32.7 Å². The number of hydrogen-bond acceptors (Lipinski definition) is 5. The number of benzene rings is 2. The standard InChI is InChI=1S/C24H27Cl2NO3S/c1-3-30-24(28)18-11-14-27(15-12-18)13-5-6-17-9-10-21(23(26)22(17)25)31-20-8-4-7-19(16-20)29-2/h4-10,16,18H,3,11-15H2,1-2H3/b6-5+. The van der Waals surface area contributed by atoms with Gasteiger partial charge in [-0.25, -0.2) is 0 Å². The van der Waals surface area contributed by atoms with Gasteiger partial charge in [-0.05, 0) is 62.7 Å².